The number of ether oxygens (including phenoxy) is 1. The van der Waals surface area contributed by atoms with Crippen LogP contribution in [-0.4, -0.2) is 14.5 Å². The minimum Gasteiger partial charge on any atom is -0.460 e. The molecule has 1 saturated carbocycles. The van der Waals surface area contributed by atoms with Gasteiger partial charge in [-0.3, -0.25) is 0 Å². The van der Waals surface area contributed by atoms with Crippen molar-refractivity contribution in [3.63, 3.8) is 0 Å². The zero-order valence-corrected chi connectivity index (χ0v) is 26.4. The van der Waals surface area contributed by atoms with Crippen LogP contribution in [-0.2, 0) is 26.5 Å². The number of benzene rings is 3. The van der Waals surface area contributed by atoms with Crippen LogP contribution in [0.1, 0.15) is 63.5 Å². The van der Waals surface area contributed by atoms with E-state index in [4.69, 9.17) is 9.72 Å². The van der Waals surface area contributed by atoms with Crippen molar-refractivity contribution in [3.8, 4) is 28.6 Å². The SMILES string of the molecule is CC(C)(C)c1ccnc(Oc2[c-]c(-c3[c-]c4c(cc3)c3ccccc3n4-c3cc(C4CCCC4)ccn3)ccc2)c1.[Pt+2]. The van der Waals surface area contributed by atoms with Gasteiger partial charge < -0.3 is 9.30 Å². The summed E-state index contributed by atoms with van der Waals surface area (Å²) in [7, 11) is 0. The van der Waals surface area contributed by atoms with E-state index in [1.807, 2.05) is 30.5 Å². The van der Waals surface area contributed by atoms with Crippen molar-refractivity contribution in [3.05, 3.63) is 115 Å². The van der Waals surface area contributed by atoms with Crippen molar-refractivity contribution in [2.75, 3.05) is 0 Å². The fourth-order valence-corrected chi connectivity index (χ4v) is 6.07. The van der Waals surface area contributed by atoms with Gasteiger partial charge in [0, 0.05) is 29.7 Å². The van der Waals surface area contributed by atoms with Crippen LogP contribution in [0.25, 0.3) is 38.8 Å². The summed E-state index contributed by atoms with van der Waals surface area (Å²) in [4.78, 5) is 9.29. The van der Waals surface area contributed by atoms with Crippen LogP contribution < -0.4 is 4.74 Å². The molecule has 0 atom stereocenters. The Morgan fingerprint density at radius 2 is 1.57 bits per heavy atom. The maximum atomic E-state index is 6.17. The van der Waals surface area contributed by atoms with Crippen LogP contribution in [0.15, 0.2) is 91.3 Å². The number of para-hydroxylation sites is 1. The second-order valence-corrected chi connectivity index (χ2v) is 12.1. The summed E-state index contributed by atoms with van der Waals surface area (Å²) in [6, 6.07) is 34.5. The molecule has 0 spiro atoms. The van der Waals surface area contributed by atoms with Gasteiger partial charge in [0.05, 0.1) is 0 Å². The number of fused-ring (bicyclic) bond motifs is 3. The summed E-state index contributed by atoms with van der Waals surface area (Å²) < 4.78 is 8.43. The van der Waals surface area contributed by atoms with Gasteiger partial charge in [-0.15, -0.1) is 18.2 Å². The third-order valence-electron chi connectivity index (χ3n) is 8.28. The first-order chi connectivity index (χ1) is 19.9. The molecule has 3 aromatic carbocycles. The van der Waals surface area contributed by atoms with E-state index in [2.05, 4.69) is 97.1 Å². The molecule has 4 nitrogen and oxygen atoms in total. The predicted octanol–water partition coefficient (Wildman–Crippen LogP) is 9.59. The molecule has 1 aliphatic carbocycles. The first-order valence-corrected chi connectivity index (χ1v) is 14.5. The molecule has 1 aliphatic rings. The molecule has 42 heavy (non-hydrogen) atoms. The van der Waals surface area contributed by atoms with Crippen LogP contribution in [0.5, 0.6) is 11.6 Å². The van der Waals surface area contributed by atoms with E-state index in [1.54, 1.807) is 6.20 Å². The Bertz CT molecular complexity index is 1880. The molecule has 0 saturated heterocycles. The van der Waals surface area contributed by atoms with Crippen molar-refractivity contribution < 1.29 is 25.8 Å². The van der Waals surface area contributed by atoms with E-state index in [0.717, 1.165) is 33.4 Å². The molecule has 3 heterocycles. The van der Waals surface area contributed by atoms with E-state index >= 15 is 0 Å². The second-order valence-electron chi connectivity index (χ2n) is 12.1. The van der Waals surface area contributed by atoms with E-state index in [0.29, 0.717) is 17.5 Å². The number of pyridine rings is 2. The quantitative estimate of drug-likeness (QED) is 0.166. The molecule has 0 unspecified atom stereocenters. The van der Waals surface area contributed by atoms with Gasteiger partial charge in [-0.1, -0.05) is 57.2 Å². The van der Waals surface area contributed by atoms with Gasteiger partial charge >= 0.3 is 21.1 Å². The maximum Gasteiger partial charge on any atom is 2.00 e. The van der Waals surface area contributed by atoms with Gasteiger partial charge in [-0.25, -0.2) is 21.1 Å². The Hall–Kier alpha value is -3.75. The number of aromatic nitrogens is 3. The van der Waals surface area contributed by atoms with Crippen molar-refractivity contribution in [1.82, 2.24) is 14.5 Å². The van der Waals surface area contributed by atoms with Crippen LogP contribution in [0.3, 0.4) is 0 Å². The molecule has 6 aromatic rings. The Kier molecular flexibility index (Phi) is 7.77. The summed E-state index contributed by atoms with van der Waals surface area (Å²) in [5, 5.41) is 2.36. The Morgan fingerprint density at radius 3 is 2.40 bits per heavy atom. The monoisotopic (exact) mass is 730 g/mol. The third kappa shape index (κ3) is 5.41. The molecular formula is C37H33N3OPt. The molecular weight excluding hydrogens is 698 g/mol. The van der Waals surface area contributed by atoms with Gasteiger partial charge in [0.1, 0.15) is 5.82 Å². The summed E-state index contributed by atoms with van der Waals surface area (Å²) in [5.74, 6) is 2.76. The normalized spacial score (nSPS) is 13.9. The summed E-state index contributed by atoms with van der Waals surface area (Å²) in [6.45, 7) is 6.56. The van der Waals surface area contributed by atoms with E-state index in [-0.39, 0.29) is 26.5 Å². The molecule has 1 fully saturated rings. The Labute approximate surface area is 262 Å². The van der Waals surface area contributed by atoms with Crippen molar-refractivity contribution >= 4 is 21.8 Å². The van der Waals surface area contributed by atoms with E-state index in [1.165, 1.54) is 42.2 Å². The Balaban J connectivity index is 0.00000316. The minimum absolute atomic E-state index is 0. The largest absolute Gasteiger partial charge is 2.00 e. The third-order valence-corrected chi connectivity index (χ3v) is 8.28. The van der Waals surface area contributed by atoms with Crippen LogP contribution in [0.4, 0.5) is 0 Å². The zero-order valence-electron chi connectivity index (χ0n) is 24.1. The number of hydrogen-bond donors (Lipinski definition) is 0. The number of hydrogen-bond acceptors (Lipinski definition) is 3. The van der Waals surface area contributed by atoms with Gasteiger partial charge in [-0.05, 0) is 70.5 Å². The summed E-state index contributed by atoms with van der Waals surface area (Å²) in [6.07, 6.45) is 8.91. The zero-order chi connectivity index (χ0) is 28.0. The number of nitrogens with zero attached hydrogens (tertiary/aromatic N) is 3. The topological polar surface area (TPSA) is 39.9 Å². The standard InChI is InChI=1S/C37H33N3O.Pt/c1-37(2,3)29-18-20-39-36(24-29)41-30-12-8-11-26(21-30)27-15-16-32-31-13-6-7-14-33(31)40(34(32)22-27)35-23-28(17-19-38-35)25-9-4-5-10-25;/h6-8,11-20,23-25H,4-5,9-10H2,1-3H3;/q-2;+2. The number of rotatable bonds is 5. The van der Waals surface area contributed by atoms with E-state index < -0.39 is 0 Å². The van der Waals surface area contributed by atoms with Crippen LogP contribution >= 0.6 is 0 Å². The van der Waals surface area contributed by atoms with Gasteiger partial charge in [0.15, 0.2) is 0 Å². The average molecular weight is 731 g/mol. The molecule has 0 N–H and O–H groups in total. The Morgan fingerprint density at radius 1 is 0.786 bits per heavy atom. The van der Waals surface area contributed by atoms with Crippen LogP contribution in [0.2, 0.25) is 0 Å². The first kappa shape index (κ1) is 28.4. The molecule has 212 valence electrons. The maximum absolute atomic E-state index is 6.17. The van der Waals surface area contributed by atoms with Crippen molar-refractivity contribution in [1.29, 1.82) is 0 Å². The smallest absolute Gasteiger partial charge is 0.460 e. The minimum atomic E-state index is 0. The van der Waals surface area contributed by atoms with Crippen molar-refractivity contribution in [2.24, 2.45) is 0 Å². The molecule has 0 bridgehead atoms. The molecule has 3 aromatic heterocycles. The van der Waals surface area contributed by atoms with Gasteiger partial charge in [0.25, 0.3) is 0 Å². The van der Waals surface area contributed by atoms with Gasteiger partial charge in [0.2, 0.25) is 5.88 Å². The molecule has 5 heteroatoms. The molecule has 7 rings (SSSR count). The van der Waals surface area contributed by atoms with E-state index in [9.17, 15) is 0 Å². The molecule has 0 aliphatic heterocycles. The molecule has 0 radical (unpaired) electrons. The first-order valence-electron chi connectivity index (χ1n) is 14.5. The van der Waals surface area contributed by atoms with Gasteiger partial charge in [-0.2, -0.15) is 24.3 Å². The predicted molar refractivity (Wildman–Crippen MR) is 166 cm³/mol. The van der Waals surface area contributed by atoms with Crippen molar-refractivity contribution in [2.45, 2.75) is 57.8 Å². The second kappa shape index (κ2) is 11.5. The van der Waals surface area contributed by atoms with Crippen LogP contribution in [0, 0.1) is 12.1 Å². The molecule has 0 amide bonds. The summed E-state index contributed by atoms with van der Waals surface area (Å²) >= 11 is 0. The summed E-state index contributed by atoms with van der Waals surface area (Å²) in [5.41, 5.74) is 6.60. The fraction of sp³-hybridized carbons (Fsp3) is 0.243. The average Bonchev–Trinajstić information content (AvgIpc) is 3.64. The fourth-order valence-electron chi connectivity index (χ4n) is 6.07.